The molecule has 17 heavy (non-hydrogen) atoms. The summed E-state index contributed by atoms with van der Waals surface area (Å²) in [6.45, 7) is 7.22. The van der Waals surface area contributed by atoms with Gasteiger partial charge in [-0.2, -0.15) is 4.37 Å². The summed E-state index contributed by atoms with van der Waals surface area (Å²) in [6.07, 6.45) is 3.71. The molecule has 5 heteroatoms. The van der Waals surface area contributed by atoms with E-state index >= 15 is 0 Å². The second-order valence-electron chi connectivity index (χ2n) is 5.65. The highest BCUT2D eigenvalue weighted by molar-refractivity contribution is 7.09. The van der Waals surface area contributed by atoms with E-state index in [-0.39, 0.29) is 12.0 Å². The average Bonchev–Trinajstić information content (AvgIpc) is 2.61. The minimum absolute atomic E-state index is 0.000746. The molecular formula is C12H21N3OS. The van der Waals surface area contributed by atoms with Gasteiger partial charge in [0.25, 0.3) is 0 Å². The third-order valence-electron chi connectivity index (χ3n) is 3.19. The normalized spacial score (nSPS) is 16.9. The first-order valence-corrected chi connectivity index (χ1v) is 7.01. The first-order valence-electron chi connectivity index (χ1n) is 6.24. The van der Waals surface area contributed by atoms with Crippen molar-refractivity contribution in [2.24, 2.45) is 0 Å². The van der Waals surface area contributed by atoms with Gasteiger partial charge in [-0.25, -0.2) is 4.98 Å². The molecule has 1 aliphatic rings. The van der Waals surface area contributed by atoms with Gasteiger partial charge in [0.15, 0.2) is 0 Å². The predicted molar refractivity (Wildman–Crippen MR) is 70.7 cm³/mol. The van der Waals surface area contributed by atoms with Crippen LogP contribution in [0.25, 0.3) is 0 Å². The highest BCUT2D eigenvalue weighted by Crippen LogP contribution is 2.32. The monoisotopic (exact) mass is 255 g/mol. The van der Waals surface area contributed by atoms with Crippen LogP contribution in [-0.2, 0) is 5.41 Å². The molecule has 0 spiro atoms. The zero-order valence-electron chi connectivity index (χ0n) is 10.8. The van der Waals surface area contributed by atoms with Crippen molar-refractivity contribution < 1.29 is 5.11 Å². The van der Waals surface area contributed by atoms with Crippen molar-refractivity contribution in [3.05, 3.63) is 5.82 Å². The molecule has 0 aromatic carbocycles. The minimum Gasteiger partial charge on any atom is -0.395 e. The number of anilines is 1. The minimum atomic E-state index is -0.000746. The van der Waals surface area contributed by atoms with Gasteiger partial charge in [-0.1, -0.05) is 20.8 Å². The largest absolute Gasteiger partial charge is 0.395 e. The van der Waals surface area contributed by atoms with E-state index < -0.39 is 0 Å². The molecule has 96 valence electrons. The van der Waals surface area contributed by atoms with Gasteiger partial charge in [0.05, 0.1) is 6.61 Å². The lowest BCUT2D eigenvalue weighted by atomic mass is 9.92. The zero-order valence-corrected chi connectivity index (χ0v) is 11.6. The molecule has 0 radical (unpaired) electrons. The molecule has 1 fully saturated rings. The van der Waals surface area contributed by atoms with Crippen LogP contribution in [0.15, 0.2) is 0 Å². The summed E-state index contributed by atoms with van der Waals surface area (Å²) in [7, 11) is 0. The Labute approximate surface area is 107 Å². The van der Waals surface area contributed by atoms with E-state index in [4.69, 9.17) is 5.11 Å². The lowest BCUT2D eigenvalue weighted by molar-refractivity contribution is 0.283. The number of nitrogens with zero attached hydrogens (tertiary/aromatic N) is 3. The van der Waals surface area contributed by atoms with E-state index in [0.717, 1.165) is 11.0 Å². The Balaban J connectivity index is 2.15. The second kappa shape index (κ2) is 4.90. The van der Waals surface area contributed by atoms with E-state index in [1.807, 2.05) is 0 Å². The van der Waals surface area contributed by atoms with E-state index in [1.165, 1.54) is 30.8 Å². The summed E-state index contributed by atoms with van der Waals surface area (Å²) >= 11 is 1.46. The quantitative estimate of drug-likeness (QED) is 0.896. The zero-order chi connectivity index (χ0) is 12.5. The summed E-state index contributed by atoms with van der Waals surface area (Å²) in [5.74, 6) is 0.903. The molecule has 0 bridgehead atoms. The summed E-state index contributed by atoms with van der Waals surface area (Å²) in [5.41, 5.74) is -0.000746. The Morgan fingerprint density at radius 3 is 2.53 bits per heavy atom. The first kappa shape index (κ1) is 12.8. The summed E-state index contributed by atoms with van der Waals surface area (Å²) in [6, 6.07) is 0.558. The fourth-order valence-electron chi connectivity index (χ4n) is 1.88. The number of aliphatic hydroxyl groups is 1. The van der Waals surface area contributed by atoms with Crippen LogP contribution in [0.2, 0.25) is 0 Å². The average molecular weight is 255 g/mol. The molecule has 0 unspecified atom stereocenters. The van der Waals surface area contributed by atoms with Crippen LogP contribution < -0.4 is 4.90 Å². The number of hydrogen-bond acceptors (Lipinski definition) is 5. The van der Waals surface area contributed by atoms with E-state index in [9.17, 15) is 0 Å². The van der Waals surface area contributed by atoms with E-state index in [1.54, 1.807) is 0 Å². The number of aliphatic hydroxyl groups excluding tert-OH is 1. The number of aromatic nitrogens is 2. The second-order valence-corrected chi connectivity index (χ2v) is 6.38. The van der Waals surface area contributed by atoms with E-state index in [0.29, 0.717) is 12.6 Å². The van der Waals surface area contributed by atoms with Crippen LogP contribution in [0.3, 0.4) is 0 Å². The van der Waals surface area contributed by atoms with Crippen molar-refractivity contribution in [1.29, 1.82) is 0 Å². The van der Waals surface area contributed by atoms with Crippen molar-refractivity contribution in [2.75, 3.05) is 18.1 Å². The van der Waals surface area contributed by atoms with Gasteiger partial charge in [0.1, 0.15) is 5.82 Å². The molecule has 0 aliphatic heterocycles. The molecule has 1 heterocycles. The van der Waals surface area contributed by atoms with Gasteiger partial charge in [-0.3, -0.25) is 0 Å². The van der Waals surface area contributed by atoms with Gasteiger partial charge in [-0.05, 0) is 19.3 Å². The van der Waals surface area contributed by atoms with Gasteiger partial charge in [-0.15, -0.1) is 0 Å². The van der Waals surface area contributed by atoms with Gasteiger partial charge >= 0.3 is 0 Å². The lowest BCUT2D eigenvalue weighted by Crippen LogP contribution is -2.42. The third kappa shape index (κ3) is 2.77. The Kier molecular flexibility index (Phi) is 3.68. The molecule has 1 aromatic heterocycles. The third-order valence-corrected chi connectivity index (χ3v) is 3.94. The van der Waals surface area contributed by atoms with Crippen molar-refractivity contribution in [3.63, 3.8) is 0 Å². The number of rotatable bonds is 4. The van der Waals surface area contributed by atoms with Crippen LogP contribution in [-0.4, -0.2) is 33.7 Å². The Hall–Kier alpha value is -0.680. The van der Waals surface area contributed by atoms with Crippen molar-refractivity contribution in [3.8, 4) is 0 Å². The van der Waals surface area contributed by atoms with Gasteiger partial charge < -0.3 is 10.0 Å². The van der Waals surface area contributed by atoms with Crippen molar-refractivity contribution in [1.82, 2.24) is 9.36 Å². The standard InChI is InChI=1S/C12H21N3OS/c1-12(2,3)10-13-11(17-14-10)15(7-8-16)9-5-4-6-9/h9,16H,4-8H2,1-3H3. The molecule has 0 atom stereocenters. The molecule has 2 rings (SSSR count). The maximum Gasteiger partial charge on any atom is 0.205 e. The molecule has 4 nitrogen and oxygen atoms in total. The maximum absolute atomic E-state index is 9.15. The van der Waals surface area contributed by atoms with Gasteiger partial charge in [0, 0.05) is 29.5 Å². The van der Waals surface area contributed by atoms with Crippen LogP contribution in [0.1, 0.15) is 45.9 Å². The molecule has 1 aromatic rings. The van der Waals surface area contributed by atoms with Crippen LogP contribution in [0, 0.1) is 0 Å². The summed E-state index contributed by atoms with van der Waals surface area (Å²) < 4.78 is 4.44. The SMILES string of the molecule is CC(C)(C)c1nsc(N(CCO)C2CCC2)n1. The van der Waals surface area contributed by atoms with Crippen LogP contribution in [0.5, 0.6) is 0 Å². The Morgan fingerprint density at radius 2 is 2.12 bits per heavy atom. The molecule has 1 aliphatic carbocycles. The molecule has 0 saturated heterocycles. The summed E-state index contributed by atoms with van der Waals surface area (Å²) in [5, 5.41) is 10.1. The van der Waals surface area contributed by atoms with E-state index in [2.05, 4.69) is 35.0 Å². The Morgan fingerprint density at radius 1 is 1.41 bits per heavy atom. The predicted octanol–water partition coefficient (Wildman–Crippen LogP) is 2.19. The maximum atomic E-state index is 9.15. The fourth-order valence-corrected chi connectivity index (χ4v) is 2.83. The fraction of sp³-hybridized carbons (Fsp3) is 0.833. The lowest BCUT2D eigenvalue weighted by Gasteiger charge is -2.36. The summed E-state index contributed by atoms with van der Waals surface area (Å²) in [4.78, 5) is 6.84. The first-order chi connectivity index (χ1) is 8.02. The molecule has 0 amide bonds. The van der Waals surface area contributed by atoms with Crippen molar-refractivity contribution >= 4 is 16.7 Å². The van der Waals surface area contributed by atoms with Crippen LogP contribution >= 0.6 is 11.5 Å². The highest BCUT2D eigenvalue weighted by atomic mass is 32.1. The molecule has 1 saturated carbocycles. The molecule has 1 N–H and O–H groups in total. The Bertz CT molecular complexity index is 368. The van der Waals surface area contributed by atoms with Crippen molar-refractivity contribution in [2.45, 2.75) is 51.5 Å². The molecular weight excluding hydrogens is 234 g/mol. The van der Waals surface area contributed by atoms with Gasteiger partial charge in [0.2, 0.25) is 5.13 Å². The highest BCUT2D eigenvalue weighted by Gasteiger charge is 2.28. The number of hydrogen-bond donors (Lipinski definition) is 1. The van der Waals surface area contributed by atoms with Crippen LogP contribution in [0.4, 0.5) is 5.13 Å². The smallest absolute Gasteiger partial charge is 0.205 e. The topological polar surface area (TPSA) is 49.2 Å².